The van der Waals surface area contributed by atoms with Crippen LogP contribution in [0.2, 0.25) is 5.02 Å². The molecule has 0 radical (unpaired) electrons. The van der Waals surface area contributed by atoms with Crippen molar-refractivity contribution in [3.63, 3.8) is 0 Å². The van der Waals surface area contributed by atoms with Crippen LogP contribution in [0.25, 0.3) is 0 Å². The smallest absolute Gasteiger partial charge is 0.253 e. The molecule has 1 saturated heterocycles. The lowest BCUT2D eigenvalue weighted by Gasteiger charge is -2.34. The van der Waals surface area contributed by atoms with Crippen molar-refractivity contribution in [3.05, 3.63) is 69.7 Å². The van der Waals surface area contributed by atoms with Crippen LogP contribution in [-0.4, -0.2) is 73.7 Å². The fraction of sp³-hybridized carbons (Fsp3) is 0.400. The number of aliphatic imine (C=N–C) groups is 1. The molecule has 2 heterocycles. The number of halogens is 1. The molecular weight excluding hydrogens is 488 g/mol. The van der Waals surface area contributed by atoms with Crippen LogP contribution in [0.4, 0.5) is 0 Å². The Balaban J connectivity index is 1.40. The number of amides is 2. The number of nitrogens with zero attached hydrogens (tertiary/aromatic N) is 3. The third-order valence-electron chi connectivity index (χ3n) is 6.65. The van der Waals surface area contributed by atoms with Gasteiger partial charge in [-0.15, -0.1) is 0 Å². The quantitative estimate of drug-likeness (QED) is 0.638. The van der Waals surface area contributed by atoms with E-state index < -0.39 is 15.6 Å². The third-order valence-corrected chi connectivity index (χ3v) is 8.75. The number of carbonyl (C=O) groups is 2. The fourth-order valence-corrected chi connectivity index (χ4v) is 6.16. The molecule has 10 heteroatoms. The molecule has 2 amide bonds. The lowest BCUT2D eigenvalue weighted by Crippen LogP contribution is -2.50. The number of rotatable bonds is 6. The first-order valence-corrected chi connectivity index (χ1v) is 13.5. The molecule has 1 N–H and O–H groups in total. The Kier molecular flexibility index (Phi) is 7.04. The molecule has 35 heavy (non-hydrogen) atoms. The highest BCUT2D eigenvalue weighted by molar-refractivity contribution is 7.89. The number of piperidine rings is 1. The first kappa shape index (κ1) is 25.3. The van der Waals surface area contributed by atoms with Crippen molar-refractivity contribution >= 4 is 39.3 Å². The van der Waals surface area contributed by atoms with E-state index in [1.165, 1.54) is 9.21 Å². The van der Waals surface area contributed by atoms with E-state index in [1.54, 1.807) is 44.4 Å². The van der Waals surface area contributed by atoms with E-state index in [0.29, 0.717) is 35.7 Å². The molecular formula is C25H29ClN4O4S. The van der Waals surface area contributed by atoms with E-state index in [4.69, 9.17) is 11.6 Å². The van der Waals surface area contributed by atoms with E-state index in [-0.39, 0.29) is 30.7 Å². The number of sulfonamides is 1. The van der Waals surface area contributed by atoms with Gasteiger partial charge in [-0.2, -0.15) is 0 Å². The van der Waals surface area contributed by atoms with Crippen LogP contribution in [0, 0.1) is 6.92 Å². The van der Waals surface area contributed by atoms with Crippen LogP contribution < -0.4 is 5.32 Å². The summed E-state index contributed by atoms with van der Waals surface area (Å²) in [5.41, 5.74) is 2.13. The Morgan fingerprint density at radius 2 is 1.89 bits per heavy atom. The Hall–Kier alpha value is -2.75. The first-order valence-electron chi connectivity index (χ1n) is 11.5. The Bertz CT molecular complexity index is 1300. The highest BCUT2D eigenvalue weighted by atomic mass is 35.5. The number of carbonyl (C=O) groups excluding carboxylic acids is 2. The first-order chi connectivity index (χ1) is 16.5. The molecule has 1 spiro atoms. The molecule has 1 fully saturated rings. The number of benzene rings is 2. The molecule has 0 atom stereocenters. The van der Waals surface area contributed by atoms with Crippen LogP contribution in [0.1, 0.15) is 39.9 Å². The van der Waals surface area contributed by atoms with Gasteiger partial charge in [0.1, 0.15) is 11.4 Å². The molecule has 0 aromatic heterocycles. The summed E-state index contributed by atoms with van der Waals surface area (Å²) in [7, 11) is -0.125. The van der Waals surface area contributed by atoms with Gasteiger partial charge in [-0.1, -0.05) is 29.8 Å². The van der Waals surface area contributed by atoms with Crippen molar-refractivity contribution in [1.29, 1.82) is 0 Å². The summed E-state index contributed by atoms with van der Waals surface area (Å²) in [6, 6.07) is 12.5. The van der Waals surface area contributed by atoms with E-state index in [1.807, 2.05) is 19.1 Å². The standard InChI is InChI=1S/C25H29ClN4O4S/c1-17-15-20(23(31)29(2)3)8-7-18(17)9-14-35(33,34)30-12-10-25(11-13-30)24(32)27-22(28-25)19-5-4-6-21(26)16-19/h4-8,15-16H,9-14H2,1-3H3,(H,27,28,32). The summed E-state index contributed by atoms with van der Waals surface area (Å²) >= 11 is 6.07. The van der Waals surface area contributed by atoms with Gasteiger partial charge in [-0.3, -0.25) is 14.6 Å². The summed E-state index contributed by atoms with van der Waals surface area (Å²) in [6.45, 7) is 2.35. The minimum atomic E-state index is -3.51. The molecule has 8 nitrogen and oxygen atoms in total. The van der Waals surface area contributed by atoms with Gasteiger partial charge < -0.3 is 10.2 Å². The number of nitrogens with one attached hydrogen (secondary N) is 1. The van der Waals surface area contributed by atoms with Crippen molar-refractivity contribution in [3.8, 4) is 0 Å². The van der Waals surface area contributed by atoms with Crippen molar-refractivity contribution in [2.45, 2.75) is 31.7 Å². The fourth-order valence-electron chi connectivity index (χ4n) is 4.50. The molecule has 0 aliphatic carbocycles. The predicted molar refractivity (Wildman–Crippen MR) is 136 cm³/mol. The van der Waals surface area contributed by atoms with Crippen LogP contribution in [0.5, 0.6) is 0 Å². The number of amidine groups is 1. The van der Waals surface area contributed by atoms with Gasteiger partial charge >= 0.3 is 0 Å². The highest BCUT2D eigenvalue weighted by Gasteiger charge is 2.47. The van der Waals surface area contributed by atoms with Crippen molar-refractivity contribution in [2.24, 2.45) is 4.99 Å². The van der Waals surface area contributed by atoms with Crippen molar-refractivity contribution < 1.29 is 18.0 Å². The Labute approximate surface area is 211 Å². The van der Waals surface area contributed by atoms with Crippen LogP contribution in [0.3, 0.4) is 0 Å². The summed E-state index contributed by atoms with van der Waals surface area (Å²) in [5, 5.41) is 3.39. The average Bonchev–Trinajstić information content (AvgIpc) is 3.13. The van der Waals surface area contributed by atoms with E-state index in [9.17, 15) is 18.0 Å². The highest BCUT2D eigenvalue weighted by Crippen LogP contribution is 2.32. The van der Waals surface area contributed by atoms with Crippen molar-refractivity contribution in [2.75, 3.05) is 32.9 Å². The third kappa shape index (κ3) is 5.27. The maximum absolute atomic E-state index is 13.1. The summed E-state index contributed by atoms with van der Waals surface area (Å²) < 4.78 is 27.6. The normalized spacial score (nSPS) is 17.8. The molecule has 186 valence electrons. The van der Waals surface area contributed by atoms with Crippen LogP contribution >= 0.6 is 11.6 Å². The molecule has 0 unspecified atom stereocenters. The molecule has 0 saturated carbocycles. The minimum absolute atomic E-state index is 0.0367. The summed E-state index contributed by atoms with van der Waals surface area (Å²) in [4.78, 5) is 31.1. The van der Waals surface area contributed by atoms with Crippen LogP contribution in [0.15, 0.2) is 47.5 Å². The van der Waals surface area contributed by atoms with Gasteiger partial charge in [0.2, 0.25) is 10.0 Å². The number of aryl methyl sites for hydroxylation is 2. The number of hydrogen-bond acceptors (Lipinski definition) is 5. The maximum atomic E-state index is 13.1. The van der Waals surface area contributed by atoms with Crippen molar-refractivity contribution in [1.82, 2.24) is 14.5 Å². The van der Waals surface area contributed by atoms with E-state index in [2.05, 4.69) is 10.3 Å². The topological polar surface area (TPSA) is 99.2 Å². The zero-order chi connectivity index (χ0) is 25.4. The van der Waals surface area contributed by atoms with Gasteiger partial charge in [0.15, 0.2) is 0 Å². The molecule has 2 aliphatic rings. The minimum Gasteiger partial charge on any atom is -0.345 e. The molecule has 2 aromatic rings. The second-order valence-corrected chi connectivity index (χ2v) is 11.8. The van der Waals surface area contributed by atoms with Gasteiger partial charge in [-0.05, 0) is 61.6 Å². The SMILES string of the molecule is Cc1cc(C(=O)N(C)C)ccc1CCS(=O)(=O)N1CCC2(CC1)N=C(c1cccc(Cl)c1)NC2=O. The van der Waals surface area contributed by atoms with Gasteiger partial charge in [-0.25, -0.2) is 12.7 Å². The Morgan fingerprint density at radius 1 is 1.17 bits per heavy atom. The summed E-state index contributed by atoms with van der Waals surface area (Å²) in [6.07, 6.45) is 0.995. The lowest BCUT2D eigenvalue weighted by molar-refractivity contribution is -0.124. The second kappa shape index (κ2) is 9.72. The number of hydrogen-bond donors (Lipinski definition) is 1. The largest absolute Gasteiger partial charge is 0.345 e. The zero-order valence-electron chi connectivity index (χ0n) is 20.0. The van der Waals surface area contributed by atoms with Gasteiger partial charge in [0.25, 0.3) is 11.8 Å². The average molecular weight is 517 g/mol. The lowest BCUT2D eigenvalue weighted by atomic mass is 9.89. The zero-order valence-corrected chi connectivity index (χ0v) is 21.6. The maximum Gasteiger partial charge on any atom is 0.253 e. The molecule has 2 aromatic carbocycles. The Morgan fingerprint density at radius 3 is 2.51 bits per heavy atom. The molecule has 4 rings (SSSR count). The molecule has 0 bridgehead atoms. The summed E-state index contributed by atoms with van der Waals surface area (Å²) in [5.74, 6) is 0.144. The van der Waals surface area contributed by atoms with Gasteiger partial charge in [0.05, 0.1) is 5.75 Å². The monoisotopic (exact) mass is 516 g/mol. The van der Waals surface area contributed by atoms with E-state index >= 15 is 0 Å². The second-order valence-electron chi connectivity index (χ2n) is 9.26. The van der Waals surface area contributed by atoms with Gasteiger partial charge in [0, 0.05) is 43.3 Å². The predicted octanol–water partition coefficient (Wildman–Crippen LogP) is 2.63. The molecule has 2 aliphatic heterocycles. The van der Waals surface area contributed by atoms with E-state index in [0.717, 1.165) is 16.7 Å². The van der Waals surface area contributed by atoms with Crippen LogP contribution in [-0.2, 0) is 21.2 Å².